The number of rotatable bonds is 9. The first-order valence-corrected chi connectivity index (χ1v) is 12.5. The second-order valence-corrected chi connectivity index (χ2v) is 10.0. The van der Waals surface area contributed by atoms with Gasteiger partial charge < -0.3 is 15.0 Å². The Labute approximate surface area is 199 Å². The van der Waals surface area contributed by atoms with E-state index in [2.05, 4.69) is 80.4 Å². The Bertz CT molecular complexity index is 1030. The number of aryl methyl sites for hydroxylation is 1. The monoisotopic (exact) mass is 446 g/mol. The predicted molar refractivity (Wildman–Crippen MR) is 137 cm³/mol. The molecule has 4 nitrogen and oxygen atoms in total. The third-order valence-corrected chi connectivity index (χ3v) is 7.28. The molecule has 4 rings (SSSR count). The molecule has 0 unspecified atom stereocenters. The van der Waals surface area contributed by atoms with Gasteiger partial charge in [-0.2, -0.15) is 0 Å². The minimum Gasteiger partial charge on any atom is -0.494 e. The van der Waals surface area contributed by atoms with Crippen molar-refractivity contribution in [2.75, 3.05) is 18.1 Å². The fourth-order valence-corrected chi connectivity index (χ4v) is 5.29. The zero-order valence-corrected chi connectivity index (χ0v) is 20.6. The molecule has 0 spiro atoms. The second-order valence-electron chi connectivity index (χ2n) is 10.0. The Morgan fingerprint density at radius 2 is 1.91 bits per heavy atom. The van der Waals surface area contributed by atoms with Crippen molar-refractivity contribution >= 4 is 17.7 Å². The molecule has 1 amide bonds. The summed E-state index contributed by atoms with van der Waals surface area (Å²) in [5, 5.41) is 3.36. The van der Waals surface area contributed by atoms with Crippen molar-refractivity contribution in [3.63, 3.8) is 0 Å². The van der Waals surface area contributed by atoms with E-state index in [0.717, 1.165) is 30.9 Å². The SMILES string of the molecule is CCCCCCCOc1cccc(C=C[C@]23NC(=O)CCN2c2ccc(C)cc2C3(C)C)c1. The Hall–Kier alpha value is -2.75. The molecule has 1 saturated heterocycles. The van der Waals surface area contributed by atoms with Crippen LogP contribution < -0.4 is 15.0 Å². The van der Waals surface area contributed by atoms with Crippen LogP contribution in [-0.2, 0) is 10.2 Å². The van der Waals surface area contributed by atoms with E-state index in [9.17, 15) is 4.79 Å². The number of carbonyl (C=O) groups excluding carboxylic acids is 1. The summed E-state index contributed by atoms with van der Waals surface area (Å²) in [6, 6.07) is 14.9. The standard InChI is InChI=1S/C29H38N2O2/c1-5-6-7-8-9-19-33-24-12-10-11-23(21-24)15-17-29-28(3,4)25-20-22(2)13-14-26(25)31(29)18-16-27(32)30-29/h10-15,17,20-21H,5-9,16,18-19H2,1-4H3,(H,30,32)/t29-/m0/s1. The largest absolute Gasteiger partial charge is 0.494 e. The number of ether oxygens (including phenoxy) is 1. The van der Waals surface area contributed by atoms with Crippen LogP contribution in [0.1, 0.15) is 76.0 Å². The van der Waals surface area contributed by atoms with Gasteiger partial charge in [-0.05, 0) is 48.7 Å². The molecule has 2 heterocycles. The summed E-state index contributed by atoms with van der Waals surface area (Å²) in [5.74, 6) is 1.01. The van der Waals surface area contributed by atoms with Crippen LogP contribution in [0.15, 0.2) is 48.5 Å². The minimum atomic E-state index is -0.589. The zero-order chi connectivity index (χ0) is 23.5. The van der Waals surface area contributed by atoms with Crippen LogP contribution in [-0.4, -0.2) is 24.7 Å². The van der Waals surface area contributed by atoms with Gasteiger partial charge in [0.2, 0.25) is 5.91 Å². The van der Waals surface area contributed by atoms with Crippen LogP contribution in [0.2, 0.25) is 0 Å². The summed E-state index contributed by atoms with van der Waals surface area (Å²) in [7, 11) is 0. The number of nitrogens with zero attached hydrogens (tertiary/aromatic N) is 1. The van der Waals surface area contributed by atoms with Crippen LogP contribution in [0, 0.1) is 6.92 Å². The van der Waals surface area contributed by atoms with Gasteiger partial charge in [0.1, 0.15) is 11.4 Å². The Kier molecular flexibility index (Phi) is 6.83. The number of nitrogens with one attached hydrogen (secondary N) is 1. The number of amides is 1. The average molecular weight is 447 g/mol. The Morgan fingerprint density at radius 1 is 1.09 bits per heavy atom. The molecular weight excluding hydrogens is 408 g/mol. The van der Waals surface area contributed by atoms with Gasteiger partial charge in [-0.3, -0.25) is 4.79 Å². The number of carbonyl (C=O) groups is 1. The van der Waals surface area contributed by atoms with Gasteiger partial charge in [-0.15, -0.1) is 0 Å². The second kappa shape index (κ2) is 9.62. The lowest BCUT2D eigenvalue weighted by Gasteiger charge is -2.49. The summed E-state index contributed by atoms with van der Waals surface area (Å²) < 4.78 is 6.01. The van der Waals surface area contributed by atoms with E-state index in [1.165, 1.54) is 42.5 Å². The van der Waals surface area contributed by atoms with E-state index in [4.69, 9.17) is 4.74 Å². The van der Waals surface area contributed by atoms with Gasteiger partial charge >= 0.3 is 0 Å². The zero-order valence-electron chi connectivity index (χ0n) is 20.6. The lowest BCUT2D eigenvalue weighted by molar-refractivity contribution is -0.124. The number of hydrogen-bond donors (Lipinski definition) is 1. The van der Waals surface area contributed by atoms with Crippen molar-refractivity contribution in [2.24, 2.45) is 0 Å². The molecule has 0 saturated carbocycles. The maximum absolute atomic E-state index is 12.6. The smallest absolute Gasteiger partial charge is 0.223 e. The van der Waals surface area contributed by atoms with E-state index in [1.807, 2.05) is 12.1 Å². The van der Waals surface area contributed by atoms with Crippen molar-refractivity contribution in [1.82, 2.24) is 5.32 Å². The van der Waals surface area contributed by atoms with E-state index in [0.29, 0.717) is 6.42 Å². The molecule has 1 N–H and O–H groups in total. The van der Waals surface area contributed by atoms with Crippen LogP contribution in [0.25, 0.3) is 6.08 Å². The quantitative estimate of drug-likeness (QED) is 0.455. The topological polar surface area (TPSA) is 41.6 Å². The number of hydrogen-bond acceptors (Lipinski definition) is 3. The normalized spacial score (nSPS) is 21.1. The molecule has 4 heteroatoms. The highest BCUT2D eigenvalue weighted by molar-refractivity contribution is 5.84. The third kappa shape index (κ3) is 4.53. The minimum absolute atomic E-state index is 0.105. The number of fused-ring (bicyclic) bond motifs is 3. The van der Waals surface area contributed by atoms with Gasteiger partial charge in [0.15, 0.2) is 0 Å². The molecule has 0 aliphatic carbocycles. The van der Waals surface area contributed by atoms with Gasteiger partial charge in [-0.25, -0.2) is 0 Å². The van der Waals surface area contributed by atoms with Gasteiger partial charge in [-0.1, -0.05) is 82.4 Å². The average Bonchev–Trinajstić information content (AvgIpc) is 2.98. The lowest BCUT2D eigenvalue weighted by atomic mass is 9.74. The molecule has 33 heavy (non-hydrogen) atoms. The molecular formula is C29H38N2O2. The van der Waals surface area contributed by atoms with E-state index < -0.39 is 5.66 Å². The first kappa shape index (κ1) is 23.4. The van der Waals surface area contributed by atoms with Crippen molar-refractivity contribution in [3.8, 4) is 5.75 Å². The predicted octanol–water partition coefficient (Wildman–Crippen LogP) is 6.37. The number of benzene rings is 2. The van der Waals surface area contributed by atoms with Crippen molar-refractivity contribution in [1.29, 1.82) is 0 Å². The molecule has 2 aliphatic heterocycles. The molecule has 0 aromatic heterocycles. The van der Waals surface area contributed by atoms with Crippen LogP contribution in [0.3, 0.4) is 0 Å². The summed E-state index contributed by atoms with van der Waals surface area (Å²) in [6.07, 6.45) is 11.0. The maximum Gasteiger partial charge on any atom is 0.223 e. The molecule has 1 atom stereocenters. The highest BCUT2D eigenvalue weighted by atomic mass is 16.5. The molecule has 0 bridgehead atoms. The summed E-state index contributed by atoms with van der Waals surface area (Å²) in [4.78, 5) is 15.0. The molecule has 2 aromatic rings. The van der Waals surface area contributed by atoms with Gasteiger partial charge in [0.05, 0.1) is 6.61 Å². The molecule has 0 radical (unpaired) electrons. The van der Waals surface area contributed by atoms with Crippen molar-refractivity contribution in [2.45, 2.75) is 77.3 Å². The van der Waals surface area contributed by atoms with Gasteiger partial charge in [0.25, 0.3) is 0 Å². The van der Waals surface area contributed by atoms with Gasteiger partial charge in [0, 0.05) is 24.1 Å². The molecule has 1 fully saturated rings. The van der Waals surface area contributed by atoms with Crippen molar-refractivity contribution in [3.05, 3.63) is 65.2 Å². The summed E-state index contributed by atoms with van der Waals surface area (Å²) in [5.41, 5.74) is 3.97. The lowest BCUT2D eigenvalue weighted by Crippen LogP contribution is -2.68. The molecule has 176 valence electrons. The number of anilines is 1. The first-order valence-electron chi connectivity index (χ1n) is 12.5. The van der Waals surface area contributed by atoms with Crippen LogP contribution in [0.5, 0.6) is 5.75 Å². The summed E-state index contributed by atoms with van der Waals surface area (Å²) in [6.45, 7) is 10.3. The van der Waals surface area contributed by atoms with E-state index in [-0.39, 0.29) is 11.3 Å². The number of unbranched alkanes of at least 4 members (excludes halogenated alkanes) is 4. The van der Waals surface area contributed by atoms with E-state index in [1.54, 1.807) is 0 Å². The molecule has 2 aromatic carbocycles. The van der Waals surface area contributed by atoms with Crippen LogP contribution in [0.4, 0.5) is 5.69 Å². The van der Waals surface area contributed by atoms with Crippen molar-refractivity contribution < 1.29 is 9.53 Å². The Morgan fingerprint density at radius 3 is 2.73 bits per heavy atom. The molecule has 2 aliphatic rings. The Balaban J connectivity index is 1.55. The highest BCUT2D eigenvalue weighted by Crippen LogP contribution is 2.52. The first-order chi connectivity index (χ1) is 15.9. The maximum atomic E-state index is 12.6. The fraction of sp³-hybridized carbons (Fsp3) is 0.483. The third-order valence-electron chi connectivity index (χ3n) is 7.28. The fourth-order valence-electron chi connectivity index (χ4n) is 5.29. The van der Waals surface area contributed by atoms with E-state index >= 15 is 0 Å². The summed E-state index contributed by atoms with van der Waals surface area (Å²) >= 11 is 0. The highest BCUT2D eigenvalue weighted by Gasteiger charge is 2.57. The van der Waals surface area contributed by atoms with Crippen LogP contribution >= 0.6 is 0 Å².